The van der Waals surface area contributed by atoms with Gasteiger partial charge in [-0.05, 0) is 7.05 Å². The SMILES string of the molecule is CN(CC(=O)Nc1ccon1)C1CS(=O)(=O)C1. The Hall–Kier alpha value is -1.41. The first-order valence-electron chi connectivity index (χ1n) is 5.07. The summed E-state index contributed by atoms with van der Waals surface area (Å²) in [5.41, 5.74) is 0. The summed E-state index contributed by atoms with van der Waals surface area (Å²) in [6, 6.07) is 1.47. The number of aromatic nitrogens is 1. The van der Waals surface area contributed by atoms with Crippen molar-refractivity contribution in [2.45, 2.75) is 6.04 Å². The quantitative estimate of drug-likeness (QED) is 0.771. The summed E-state index contributed by atoms with van der Waals surface area (Å²) in [4.78, 5) is 13.3. The van der Waals surface area contributed by atoms with Crippen LogP contribution in [-0.4, -0.2) is 55.5 Å². The number of hydrogen-bond acceptors (Lipinski definition) is 6. The first-order valence-corrected chi connectivity index (χ1v) is 6.89. The molecule has 7 nitrogen and oxygen atoms in total. The van der Waals surface area contributed by atoms with E-state index in [0.29, 0.717) is 5.82 Å². The molecule has 1 N–H and O–H groups in total. The van der Waals surface area contributed by atoms with E-state index >= 15 is 0 Å². The molecule has 2 rings (SSSR count). The number of anilines is 1. The number of rotatable bonds is 4. The summed E-state index contributed by atoms with van der Waals surface area (Å²) in [5, 5.41) is 6.09. The van der Waals surface area contributed by atoms with Gasteiger partial charge in [-0.2, -0.15) is 0 Å². The van der Waals surface area contributed by atoms with Crippen LogP contribution in [0.1, 0.15) is 0 Å². The van der Waals surface area contributed by atoms with Crippen molar-refractivity contribution in [3.05, 3.63) is 12.3 Å². The fourth-order valence-corrected chi connectivity index (χ4v) is 3.19. The van der Waals surface area contributed by atoms with Crippen LogP contribution in [0.15, 0.2) is 16.9 Å². The maximum absolute atomic E-state index is 11.5. The average Bonchev–Trinajstić information content (AvgIpc) is 2.66. The van der Waals surface area contributed by atoms with Gasteiger partial charge in [0.1, 0.15) is 6.26 Å². The monoisotopic (exact) mass is 259 g/mol. The van der Waals surface area contributed by atoms with Gasteiger partial charge in [0.15, 0.2) is 15.7 Å². The lowest BCUT2D eigenvalue weighted by Gasteiger charge is -2.33. The third-order valence-corrected chi connectivity index (χ3v) is 4.40. The topological polar surface area (TPSA) is 92.5 Å². The first-order chi connectivity index (χ1) is 7.96. The van der Waals surface area contributed by atoms with Crippen molar-refractivity contribution in [2.24, 2.45) is 0 Å². The fraction of sp³-hybridized carbons (Fsp3) is 0.556. The van der Waals surface area contributed by atoms with Crippen molar-refractivity contribution in [1.82, 2.24) is 10.1 Å². The van der Waals surface area contributed by atoms with E-state index in [1.165, 1.54) is 12.3 Å². The predicted octanol–water partition coefficient (Wildman–Crippen LogP) is -0.658. The van der Waals surface area contributed by atoms with E-state index in [4.69, 9.17) is 0 Å². The second-order valence-electron chi connectivity index (χ2n) is 4.08. The van der Waals surface area contributed by atoms with Crippen molar-refractivity contribution in [3.63, 3.8) is 0 Å². The maximum Gasteiger partial charge on any atom is 0.239 e. The average molecular weight is 259 g/mol. The third-order valence-electron chi connectivity index (χ3n) is 2.61. The predicted molar refractivity (Wildman–Crippen MR) is 60.2 cm³/mol. The van der Waals surface area contributed by atoms with E-state index in [1.807, 2.05) is 0 Å². The first kappa shape index (κ1) is 12.1. The van der Waals surface area contributed by atoms with Crippen molar-refractivity contribution in [2.75, 3.05) is 30.4 Å². The zero-order valence-corrected chi connectivity index (χ0v) is 10.1. The van der Waals surface area contributed by atoms with Crippen molar-refractivity contribution in [1.29, 1.82) is 0 Å². The number of sulfone groups is 1. The maximum atomic E-state index is 11.5. The minimum atomic E-state index is -2.86. The molecule has 1 amide bonds. The Labute approximate surface area is 98.7 Å². The van der Waals surface area contributed by atoms with Gasteiger partial charge in [0.2, 0.25) is 5.91 Å². The number of amides is 1. The molecule has 0 radical (unpaired) electrons. The minimum absolute atomic E-state index is 0.0666. The molecule has 1 saturated heterocycles. The Morgan fingerprint density at radius 2 is 2.35 bits per heavy atom. The van der Waals surface area contributed by atoms with E-state index in [1.54, 1.807) is 11.9 Å². The van der Waals surface area contributed by atoms with Crippen LogP contribution in [-0.2, 0) is 14.6 Å². The second-order valence-corrected chi connectivity index (χ2v) is 6.23. The fourth-order valence-electron chi connectivity index (χ4n) is 1.61. The molecular weight excluding hydrogens is 246 g/mol. The number of hydrogen-bond donors (Lipinski definition) is 1. The molecule has 0 saturated carbocycles. The van der Waals surface area contributed by atoms with Crippen LogP contribution in [0, 0.1) is 0 Å². The molecule has 1 fully saturated rings. The molecule has 0 bridgehead atoms. The lowest BCUT2D eigenvalue weighted by atomic mass is 10.3. The Bertz CT molecular complexity index is 484. The molecule has 94 valence electrons. The molecule has 0 atom stereocenters. The molecule has 0 aliphatic carbocycles. The van der Waals surface area contributed by atoms with Gasteiger partial charge in [-0.15, -0.1) is 0 Å². The summed E-state index contributed by atoms with van der Waals surface area (Å²) < 4.78 is 26.6. The highest BCUT2D eigenvalue weighted by Gasteiger charge is 2.36. The summed E-state index contributed by atoms with van der Waals surface area (Å²) in [6.07, 6.45) is 1.36. The summed E-state index contributed by atoms with van der Waals surface area (Å²) in [5.74, 6) is 0.358. The molecule has 2 heterocycles. The zero-order valence-electron chi connectivity index (χ0n) is 9.29. The summed E-state index contributed by atoms with van der Waals surface area (Å²) in [6.45, 7) is 0.132. The van der Waals surface area contributed by atoms with Crippen LogP contribution in [0.4, 0.5) is 5.82 Å². The van der Waals surface area contributed by atoms with E-state index in [0.717, 1.165) is 0 Å². The summed E-state index contributed by atoms with van der Waals surface area (Å²) >= 11 is 0. The van der Waals surface area contributed by atoms with Gasteiger partial charge >= 0.3 is 0 Å². The lowest BCUT2D eigenvalue weighted by molar-refractivity contribution is -0.117. The van der Waals surface area contributed by atoms with Gasteiger partial charge < -0.3 is 9.84 Å². The van der Waals surface area contributed by atoms with E-state index in [2.05, 4.69) is 15.0 Å². The van der Waals surface area contributed by atoms with Crippen molar-refractivity contribution < 1.29 is 17.7 Å². The molecule has 8 heteroatoms. The highest BCUT2D eigenvalue weighted by atomic mass is 32.2. The minimum Gasteiger partial charge on any atom is -0.363 e. The molecule has 17 heavy (non-hydrogen) atoms. The number of nitrogens with one attached hydrogen (secondary N) is 1. The van der Waals surface area contributed by atoms with Gasteiger partial charge in [0, 0.05) is 12.1 Å². The Morgan fingerprint density at radius 3 is 2.88 bits per heavy atom. The third kappa shape index (κ3) is 3.04. The molecule has 1 aromatic rings. The van der Waals surface area contributed by atoms with E-state index < -0.39 is 9.84 Å². The normalized spacial score (nSPS) is 18.9. The number of nitrogens with zero attached hydrogens (tertiary/aromatic N) is 2. The Morgan fingerprint density at radius 1 is 1.65 bits per heavy atom. The Balaban J connectivity index is 1.79. The highest BCUT2D eigenvalue weighted by molar-refractivity contribution is 7.92. The van der Waals surface area contributed by atoms with Gasteiger partial charge in [-0.25, -0.2) is 8.42 Å². The van der Waals surface area contributed by atoms with Gasteiger partial charge in [-0.3, -0.25) is 9.69 Å². The molecule has 0 spiro atoms. The van der Waals surface area contributed by atoms with Gasteiger partial charge in [-0.1, -0.05) is 5.16 Å². The van der Waals surface area contributed by atoms with Crippen molar-refractivity contribution in [3.8, 4) is 0 Å². The van der Waals surface area contributed by atoms with Crippen molar-refractivity contribution >= 4 is 21.6 Å². The molecular formula is C9H13N3O4S. The lowest BCUT2D eigenvalue weighted by Crippen LogP contribution is -2.53. The zero-order chi connectivity index (χ0) is 12.5. The standard InChI is InChI=1S/C9H13N3O4S/c1-12(7-5-17(14,15)6-7)4-9(13)10-8-2-3-16-11-8/h2-3,7H,4-6H2,1H3,(H,10,11,13). The number of carbonyl (C=O) groups is 1. The molecule has 0 unspecified atom stereocenters. The van der Waals surface area contributed by atoms with Crippen LogP contribution in [0.3, 0.4) is 0 Å². The molecule has 1 aliphatic heterocycles. The Kier molecular flexibility index (Phi) is 3.16. The van der Waals surface area contributed by atoms with Crippen LogP contribution in [0.25, 0.3) is 0 Å². The van der Waals surface area contributed by atoms with Gasteiger partial charge in [0.25, 0.3) is 0 Å². The largest absolute Gasteiger partial charge is 0.363 e. The van der Waals surface area contributed by atoms with Crippen LogP contribution in [0.2, 0.25) is 0 Å². The smallest absolute Gasteiger partial charge is 0.239 e. The second kappa shape index (κ2) is 4.46. The summed E-state index contributed by atoms with van der Waals surface area (Å²) in [7, 11) is -1.14. The van der Waals surface area contributed by atoms with Crippen LogP contribution in [0.5, 0.6) is 0 Å². The van der Waals surface area contributed by atoms with Crippen LogP contribution < -0.4 is 5.32 Å². The van der Waals surface area contributed by atoms with E-state index in [-0.39, 0.29) is 30.0 Å². The van der Waals surface area contributed by atoms with Crippen LogP contribution >= 0.6 is 0 Å². The molecule has 1 aromatic heterocycles. The van der Waals surface area contributed by atoms with E-state index in [9.17, 15) is 13.2 Å². The number of likely N-dealkylation sites (N-methyl/N-ethyl adjacent to an activating group) is 1. The molecule has 0 aromatic carbocycles. The highest BCUT2D eigenvalue weighted by Crippen LogP contribution is 2.15. The molecule has 1 aliphatic rings. The number of carbonyl (C=O) groups excluding carboxylic acids is 1. The van der Waals surface area contributed by atoms with Gasteiger partial charge in [0.05, 0.1) is 18.1 Å².